The average Bonchev–Trinajstić information content (AvgIpc) is 3.04. The second-order valence-electron chi connectivity index (χ2n) is 5.96. The Balaban J connectivity index is 1.65. The van der Waals surface area contributed by atoms with Crippen molar-refractivity contribution in [2.24, 2.45) is 0 Å². The lowest BCUT2D eigenvalue weighted by Crippen LogP contribution is -2.15. The molecule has 0 fully saturated rings. The molecule has 3 rings (SSSR count). The number of benzene rings is 2. The fourth-order valence-corrected chi connectivity index (χ4v) is 3.33. The monoisotopic (exact) mass is 367 g/mol. The molecule has 134 valence electrons. The fraction of sp³-hybridized carbons (Fsp3) is 0.200. The molecule has 1 aromatic heterocycles. The van der Waals surface area contributed by atoms with Crippen LogP contribution in [0.3, 0.4) is 0 Å². The van der Waals surface area contributed by atoms with Crippen molar-refractivity contribution in [1.82, 2.24) is 9.55 Å². The van der Waals surface area contributed by atoms with Crippen LogP contribution in [-0.4, -0.2) is 26.3 Å². The molecule has 26 heavy (non-hydrogen) atoms. The molecular weight excluding hydrogens is 346 g/mol. The van der Waals surface area contributed by atoms with E-state index in [1.165, 1.54) is 11.8 Å². The predicted molar refractivity (Wildman–Crippen MR) is 104 cm³/mol. The first kappa shape index (κ1) is 18.2. The minimum Gasteiger partial charge on any atom is -0.390 e. The molecule has 1 heterocycles. The molecule has 0 aliphatic carbocycles. The van der Waals surface area contributed by atoms with Gasteiger partial charge in [0, 0.05) is 12.2 Å². The molecule has 0 spiro atoms. The van der Waals surface area contributed by atoms with Crippen LogP contribution in [0.5, 0.6) is 0 Å². The topological polar surface area (TPSA) is 67.2 Å². The lowest BCUT2D eigenvalue weighted by Gasteiger charge is -2.11. The Labute approximate surface area is 157 Å². The van der Waals surface area contributed by atoms with Gasteiger partial charge in [-0.25, -0.2) is 4.98 Å². The number of aliphatic hydroxyl groups excluding tert-OH is 1. The Morgan fingerprint density at radius 3 is 2.58 bits per heavy atom. The maximum Gasteiger partial charge on any atom is 0.234 e. The van der Waals surface area contributed by atoms with Crippen molar-refractivity contribution in [3.63, 3.8) is 0 Å². The third kappa shape index (κ3) is 4.74. The smallest absolute Gasteiger partial charge is 0.234 e. The molecule has 0 saturated carbocycles. The molecule has 0 unspecified atom stereocenters. The van der Waals surface area contributed by atoms with Gasteiger partial charge in [-0.1, -0.05) is 59.8 Å². The second-order valence-corrected chi connectivity index (χ2v) is 6.91. The number of amides is 1. The molecule has 3 aromatic rings. The van der Waals surface area contributed by atoms with Crippen molar-refractivity contribution in [2.75, 3.05) is 11.1 Å². The lowest BCUT2D eigenvalue weighted by molar-refractivity contribution is -0.113. The highest BCUT2D eigenvalue weighted by Gasteiger charge is 2.12. The van der Waals surface area contributed by atoms with E-state index in [2.05, 4.69) is 10.3 Å². The van der Waals surface area contributed by atoms with E-state index in [4.69, 9.17) is 0 Å². The van der Waals surface area contributed by atoms with Gasteiger partial charge in [-0.05, 0) is 24.6 Å². The summed E-state index contributed by atoms with van der Waals surface area (Å²) in [6.45, 7) is 2.53. The molecule has 1 amide bonds. The number of thioether (sulfide) groups is 1. The number of carbonyl (C=O) groups excluding carboxylic acids is 1. The fourth-order valence-electron chi connectivity index (χ4n) is 2.53. The summed E-state index contributed by atoms with van der Waals surface area (Å²) in [5, 5.41) is 13.2. The minimum absolute atomic E-state index is 0.0846. The molecule has 0 atom stereocenters. The summed E-state index contributed by atoms with van der Waals surface area (Å²) in [6.07, 6.45) is 1.66. The number of rotatable bonds is 7. The number of aliphatic hydroxyl groups is 1. The van der Waals surface area contributed by atoms with Gasteiger partial charge in [-0.3, -0.25) is 4.79 Å². The Bertz CT molecular complexity index is 861. The van der Waals surface area contributed by atoms with Crippen LogP contribution in [-0.2, 0) is 17.9 Å². The lowest BCUT2D eigenvalue weighted by atomic mass is 10.2. The molecule has 2 N–H and O–H groups in total. The zero-order chi connectivity index (χ0) is 18.4. The van der Waals surface area contributed by atoms with E-state index in [-0.39, 0.29) is 18.3 Å². The minimum atomic E-state index is -0.0873. The van der Waals surface area contributed by atoms with E-state index >= 15 is 0 Å². The number of hydrogen-bond donors (Lipinski definition) is 2. The van der Waals surface area contributed by atoms with E-state index in [0.29, 0.717) is 6.54 Å². The van der Waals surface area contributed by atoms with Crippen molar-refractivity contribution in [1.29, 1.82) is 0 Å². The molecule has 0 aliphatic heterocycles. The van der Waals surface area contributed by atoms with E-state index in [1.54, 1.807) is 6.20 Å². The van der Waals surface area contributed by atoms with Crippen molar-refractivity contribution in [3.05, 3.63) is 77.6 Å². The summed E-state index contributed by atoms with van der Waals surface area (Å²) in [6, 6.07) is 17.7. The Morgan fingerprint density at radius 1 is 1.15 bits per heavy atom. The van der Waals surface area contributed by atoms with Crippen LogP contribution in [0.4, 0.5) is 5.69 Å². The first-order chi connectivity index (χ1) is 12.7. The molecule has 0 saturated heterocycles. The second kappa shape index (κ2) is 8.69. The molecular formula is C20H21N3O2S. The highest BCUT2D eigenvalue weighted by Crippen LogP contribution is 2.21. The van der Waals surface area contributed by atoms with Crippen LogP contribution in [0.1, 0.15) is 16.8 Å². The molecule has 0 bridgehead atoms. The quantitative estimate of drug-likeness (QED) is 0.628. The highest BCUT2D eigenvalue weighted by molar-refractivity contribution is 7.99. The van der Waals surface area contributed by atoms with Gasteiger partial charge in [0.2, 0.25) is 5.91 Å². The van der Waals surface area contributed by atoms with Crippen molar-refractivity contribution < 1.29 is 9.90 Å². The number of nitrogens with one attached hydrogen (secondary N) is 1. The standard InChI is InChI=1S/C20H21N3O2S/c1-15-7-9-17(10-8-15)22-19(25)14-26-20-21-11-18(13-24)23(20)12-16-5-3-2-4-6-16/h2-11,24H,12-14H2,1H3,(H,22,25). The number of aromatic nitrogens is 2. The summed E-state index contributed by atoms with van der Waals surface area (Å²) in [7, 11) is 0. The van der Waals surface area contributed by atoms with Gasteiger partial charge in [0.1, 0.15) is 0 Å². The summed E-state index contributed by atoms with van der Waals surface area (Å²) in [4.78, 5) is 16.6. The summed E-state index contributed by atoms with van der Waals surface area (Å²) in [5.74, 6) is 0.170. The summed E-state index contributed by atoms with van der Waals surface area (Å²) in [5.41, 5.74) is 3.78. The number of anilines is 1. The van der Waals surface area contributed by atoms with Gasteiger partial charge in [0.15, 0.2) is 5.16 Å². The molecule has 2 aromatic carbocycles. The number of imidazole rings is 1. The van der Waals surface area contributed by atoms with Crippen LogP contribution < -0.4 is 5.32 Å². The van der Waals surface area contributed by atoms with Gasteiger partial charge >= 0.3 is 0 Å². The number of hydrogen-bond acceptors (Lipinski definition) is 4. The average molecular weight is 367 g/mol. The normalized spacial score (nSPS) is 10.7. The third-order valence-electron chi connectivity index (χ3n) is 3.91. The van der Waals surface area contributed by atoms with Crippen LogP contribution in [0.15, 0.2) is 66.0 Å². The van der Waals surface area contributed by atoms with E-state index in [0.717, 1.165) is 27.7 Å². The van der Waals surface area contributed by atoms with Crippen molar-refractivity contribution >= 4 is 23.4 Å². The Morgan fingerprint density at radius 2 is 1.88 bits per heavy atom. The maximum absolute atomic E-state index is 12.2. The van der Waals surface area contributed by atoms with E-state index in [9.17, 15) is 9.90 Å². The van der Waals surface area contributed by atoms with Crippen LogP contribution in [0.2, 0.25) is 0 Å². The van der Waals surface area contributed by atoms with E-state index < -0.39 is 0 Å². The number of carbonyl (C=O) groups is 1. The third-order valence-corrected chi connectivity index (χ3v) is 4.91. The molecule has 5 nitrogen and oxygen atoms in total. The first-order valence-corrected chi connectivity index (χ1v) is 9.33. The van der Waals surface area contributed by atoms with Crippen LogP contribution in [0.25, 0.3) is 0 Å². The molecule has 0 radical (unpaired) electrons. The summed E-state index contributed by atoms with van der Waals surface area (Å²) >= 11 is 1.36. The van der Waals surface area contributed by atoms with Crippen molar-refractivity contribution in [2.45, 2.75) is 25.2 Å². The predicted octanol–water partition coefficient (Wildman–Crippen LogP) is 3.46. The zero-order valence-corrected chi connectivity index (χ0v) is 15.4. The molecule has 6 heteroatoms. The maximum atomic E-state index is 12.2. The van der Waals surface area contributed by atoms with Gasteiger partial charge in [-0.15, -0.1) is 0 Å². The highest BCUT2D eigenvalue weighted by atomic mass is 32.2. The Kier molecular flexibility index (Phi) is 6.09. The number of nitrogens with zero attached hydrogens (tertiary/aromatic N) is 2. The largest absolute Gasteiger partial charge is 0.390 e. The SMILES string of the molecule is Cc1ccc(NC(=O)CSc2ncc(CO)n2Cc2ccccc2)cc1. The van der Waals surface area contributed by atoms with Crippen molar-refractivity contribution in [3.8, 4) is 0 Å². The van der Waals surface area contributed by atoms with E-state index in [1.807, 2.05) is 66.1 Å². The van der Waals surface area contributed by atoms with Gasteiger partial charge in [0.25, 0.3) is 0 Å². The van der Waals surface area contributed by atoms with Gasteiger partial charge < -0.3 is 15.0 Å². The van der Waals surface area contributed by atoms with Gasteiger partial charge in [-0.2, -0.15) is 0 Å². The first-order valence-electron chi connectivity index (χ1n) is 8.34. The Hall–Kier alpha value is -2.57. The van der Waals surface area contributed by atoms with Gasteiger partial charge in [0.05, 0.1) is 24.3 Å². The number of aryl methyl sites for hydroxylation is 1. The van der Waals surface area contributed by atoms with Crippen LogP contribution >= 0.6 is 11.8 Å². The molecule has 0 aliphatic rings. The summed E-state index contributed by atoms with van der Waals surface area (Å²) < 4.78 is 1.94. The van der Waals surface area contributed by atoms with Crippen LogP contribution in [0, 0.1) is 6.92 Å². The zero-order valence-electron chi connectivity index (χ0n) is 14.6.